The lowest BCUT2D eigenvalue weighted by Crippen LogP contribution is -2.47. The van der Waals surface area contributed by atoms with Crippen molar-refractivity contribution in [2.45, 2.75) is 18.6 Å². The monoisotopic (exact) mass is 262 g/mol. The van der Waals surface area contributed by atoms with Crippen molar-refractivity contribution in [1.29, 1.82) is 0 Å². The molecule has 2 fully saturated rings. The van der Waals surface area contributed by atoms with Crippen LogP contribution in [0.5, 0.6) is 0 Å². The van der Waals surface area contributed by atoms with Crippen LogP contribution in [0.15, 0.2) is 0 Å². The number of piperidine rings is 1. The SMILES string of the molecule is O[C@@H]1CNCC[C@H]1CNC1CSCCSC1. The number of rotatable bonds is 3. The molecule has 2 saturated heterocycles. The first kappa shape index (κ1) is 13.0. The highest BCUT2D eigenvalue weighted by Gasteiger charge is 2.23. The lowest BCUT2D eigenvalue weighted by molar-refractivity contribution is 0.0806. The molecule has 2 atom stereocenters. The summed E-state index contributed by atoms with van der Waals surface area (Å²) in [6, 6.07) is 0.639. The Morgan fingerprint density at radius 3 is 2.69 bits per heavy atom. The van der Waals surface area contributed by atoms with E-state index in [-0.39, 0.29) is 6.10 Å². The zero-order valence-electron chi connectivity index (χ0n) is 9.65. The van der Waals surface area contributed by atoms with Crippen molar-refractivity contribution >= 4 is 23.5 Å². The van der Waals surface area contributed by atoms with Gasteiger partial charge < -0.3 is 15.7 Å². The fourth-order valence-corrected chi connectivity index (χ4v) is 4.65. The Bertz CT molecular complexity index is 198. The molecule has 5 heteroatoms. The van der Waals surface area contributed by atoms with E-state index in [9.17, 15) is 5.11 Å². The normalized spacial score (nSPS) is 33.6. The summed E-state index contributed by atoms with van der Waals surface area (Å²) in [4.78, 5) is 0. The van der Waals surface area contributed by atoms with Crippen LogP contribution in [0.25, 0.3) is 0 Å². The lowest BCUT2D eigenvalue weighted by Gasteiger charge is -2.30. The zero-order chi connectivity index (χ0) is 11.2. The highest BCUT2D eigenvalue weighted by molar-refractivity contribution is 8.03. The second-order valence-corrected chi connectivity index (χ2v) is 6.87. The average Bonchev–Trinajstić information content (AvgIpc) is 2.56. The van der Waals surface area contributed by atoms with E-state index in [2.05, 4.69) is 34.2 Å². The maximum atomic E-state index is 9.84. The molecule has 0 unspecified atom stereocenters. The number of thioether (sulfide) groups is 2. The molecule has 0 bridgehead atoms. The molecular formula is C11H22N2OS2. The summed E-state index contributed by atoms with van der Waals surface area (Å²) in [5.41, 5.74) is 0. The highest BCUT2D eigenvalue weighted by atomic mass is 32.2. The van der Waals surface area contributed by atoms with Crippen molar-refractivity contribution in [3.05, 3.63) is 0 Å². The number of hydrogen-bond acceptors (Lipinski definition) is 5. The van der Waals surface area contributed by atoms with E-state index in [1.165, 1.54) is 23.0 Å². The van der Waals surface area contributed by atoms with Gasteiger partial charge >= 0.3 is 0 Å². The molecule has 2 aliphatic heterocycles. The summed E-state index contributed by atoms with van der Waals surface area (Å²) in [7, 11) is 0. The van der Waals surface area contributed by atoms with Crippen LogP contribution in [-0.4, -0.2) is 59.9 Å². The summed E-state index contributed by atoms with van der Waals surface area (Å²) in [5.74, 6) is 5.49. The van der Waals surface area contributed by atoms with Crippen LogP contribution in [0, 0.1) is 5.92 Å². The lowest BCUT2D eigenvalue weighted by atomic mass is 9.95. The molecule has 0 amide bonds. The Hall–Kier alpha value is 0.580. The van der Waals surface area contributed by atoms with Crippen LogP contribution in [0.3, 0.4) is 0 Å². The van der Waals surface area contributed by atoms with Crippen LogP contribution in [-0.2, 0) is 0 Å². The predicted molar refractivity (Wildman–Crippen MR) is 73.4 cm³/mol. The third kappa shape index (κ3) is 4.11. The summed E-state index contributed by atoms with van der Waals surface area (Å²) in [6.45, 7) is 2.80. The molecule has 94 valence electrons. The maximum Gasteiger partial charge on any atom is 0.0705 e. The number of β-amino-alcohol motifs (C(OH)–C–C–N with tert-alkyl or cyclic N) is 1. The summed E-state index contributed by atoms with van der Waals surface area (Å²) < 4.78 is 0. The van der Waals surface area contributed by atoms with Crippen molar-refractivity contribution in [3.8, 4) is 0 Å². The van der Waals surface area contributed by atoms with Gasteiger partial charge in [-0.25, -0.2) is 0 Å². The molecule has 0 saturated carbocycles. The minimum atomic E-state index is -0.160. The van der Waals surface area contributed by atoms with Gasteiger partial charge in [-0.15, -0.1) is 0 Å². The van der Waals surface area contributed by atoms with Crippen LogP contribution in [0.2, 0.25) is 0 Å². The van der Waals surface area contributed by atoms with Crippen LogP contribution >= 0.6 is 23.5 Å². The standard InChI is InChI=1S/C11H22N2OS2/c14-11-6-12-2-1-9(11)5-13-10-7-15-3-4-16-8-10/h9-14H,1-8H2/t9-,11+/m0/s1. The number of aliphatic hydroxyl groups is 1. The number of nitrogens with one attached hydrogen (secondary N) is 2. The largest absolute Gasteiger partial charge is 0.391 e. The van der Waals surface area contributed by atoms with Gasteiger partial charge in [0.2, 0.25) is 0 Å². The molecule has 16 heavy (non-hydrogen) atoms. The zero-order valence-corrected chi connectivity index (χ0v) is 11.3. The van der Waals surface area contributed by atoms with Gasteiger partial charge in [0, 0.05) is 42.1 Å². The number of aliphatic hydroxyl groups excluding tert-OH is 1. The maximum absolute atomic E-state index is 9.84. The first-order chi connectivity index (χ1) is 7.86. The van der Waals surface area contributed by atoms with E-state index in [1.807, 2.05) is 0 Å². The van der Waals surface area contributed by atoms with Crippen LogP contribution < -0.4 is 10.6 Å². The quantitative estimate of drug-likeness (QED) is 0.687. The van der Waals surface area contributed by atoms with Gasteiger partial charge in [0.25, 0.3) is 0 Å². The van der Waals surface area contributed by atoms with E-state index in [4.69, 9.17) is 0 Å². The van der Waals surface area contributed by atoms with Crippen LogP contribution in [0.4, 0.5) is 0 Å². The van der Waals surface area contributed by atoms with Crippen molar-refractivity contribution in [2.24, 2.45) is 5.92 Å². The molecule has 0 aromatic rings. The predicted octanol–water partition coefficient (Wildman–Crippen LogP) is 0.395. The first-order valence-electron chi connectivity index (χ1n) is 6.14. The Morgan fingerprint density at radius 1 is 1.25 bits per heavy atom. The van der Waals surface area contributed by atoms with E-state index >= 15 is 0 Å². The minimum absolute atomic E-state index is 0.160. The molecule has 2 aliphatic rings. The number of hydrogen-bond donors (Lipinski definition) is 3. The summed E-state index contributed by atoms with van der Waals surface area (Å²) >= 11 is 4.11. The molecule has 0 aromatic carbocycles. The second-order valence-electron chi connectivity index (χ2n) is 4.58. The van der Waals surface area contributed by atoms with E-state index in [1.54, 1.807) is 0 Å². The summed E-state index contributed by atoms with van der Waals surface area (Å²) in [6.07, 6.45) is 0.939. The van der Waals surface area contributed by atoms with E-state index in [0.717, 1.165) is 26.1 Å². The van der Waals surface area contributed by atoms with Crippen LogP contribution in [0.1, 0.15) is 6.42 Å². The third-order valence-electron chi connectivity index (χ3n) is 3.27. The Balaban J connectivity index is 1.68. The van der Waals surface area contributed by atoms with E-state index < -0.39 is 0 Å². The van der Waals surface area contributed by atoms with Gasteiger partial charge in [0.15, 0.2) is 0 Å². The van der Waals surface area contributed by atoms with Gasteiger partial charge in [-0.3, -0.25) is 0 Å². The molecule has 0 aromatic heterocycles. The molecular weight excluding hydrogens is 240 g/mol. The fourth-order valence-electron chi connectivity index (χ4n) is 2.19. The van der Waals surface area contributed by atoms with Gasteiger partial charge in [0.1, 0.15) is 0 Å². The fraction of sp³-hybridized carbons (Fsp3) is 1.00. The first-order valence-corrected chi connectivity index (χ1v) is 8.45. The Morgan fingerprint density at radius 2 is 2.00 bits per heavy atom. The van der Waals surface area contributed by atoms with E-state index in [0.29, 0.717) is 12.0 Å². The van der Waals surface area contributed by atoms with Crippen molar-refractivity contribution in [1.82, 2.24) is 10.6 Å². The highest BCUT2D eigenvalue weighted by Crippen LogP contribution is 2.17. The van der Waals surface area contributed by atoms with Crippen molar-refractivity contribution in [2.75, 3.05) is 42.6 Å². The molecule has 3 N–H and O–H groups in total. The third-order valence-corrected chi connectivity index (χ3v) is 5.79. The topological polar surface area (TPSA) is 44.3 Å². The van der Waals surface area contributed by atoms with Gasteiger partial charge in [-0.1, -0.05) is 0 Å². The van der Waals surface area contributed by atoms with Crippen molar-refractivity contribution in [3.63, 3.8) is 0 Å². The molecule has 0 spiro atoms. The van der Waals surface area contributed by atoms with Gasteiger partial charge in [-0.2, -0.15) is 23.5 Å². The molecule has 0 aliphatic carbocycles. The smallest absolute Gasteiger partial charge is 0.0705 e. The minimum Gasteiger partial charge on any atom is -0.391 e. The van der Waals surface area contributed by atoms with Crippen molar-refractivity contribution < 1.29 is 5.11 Å². The Labute approximate surface area is 107 Å². The molecule has 2 rings (SSSR count). The molecule has 0 radical (unpaired) electrons. The van der Waals surface area contributed by atoms with Gasteiger partial charge in [0.05, 0.1) is 6.10 Å². The second kappa shape index (κ2) is 7.11. The molecule has 2 heterocycles. The van der Waals surface area contributed by atoms with Gasteiger partial charge in [-0.05, 0) is 18.9 Å². The Kier molecular flexibility index (Phi) is 5.79. The molecule has 3 nitrogen and oxygen atoms in total. The summed E-state index contributed by atoms with van der Waals surface area (Å²) in [5, 5.41) is 16.7. The average molecular weight is 262 g/mol.